The molecule has 10 heteroatoms. The van der Waals surface area contributed by atoms with Gasteiger partial charge in [0.2, 0.25) is 0 Å². The maximum atomic E-state index is 12.7. The minimum atomic E-state index is -0.492. The number of benzene rings is 3. The Balaban J connectivity index is 1.38. The molecule has 3 aromatic carbocycles. The van der Waals surface area contributed by atoms with E-state index in [4.69, 9.17) is 43.2 Å². The molecule has 3 rings (SSSR count). The van der Waals surface area contributed by atoms with Crippen LogP contribution in [-0.4, -0.2) is 52.9 Å². The van der Waals surface area contributed by atoms with E-state index in [-0.39, 0.29) is 13.4 Å². The molecule has 0 aliphatic heterocycles. The lowest BCUT2D eigenvalue weighted by Crippen LogP contribution is -2.09. The average molecular weight is 595 g/mol. The first-order valence-corrected chi connectivity index (χ1v) is 13.7. The van der Waals surface area contributed by atoms with Crippen LogP contribution in [0.1, 0.15) is 33.5 Å². The number of carbonyl (C=O) groups excluding carboxylic acids is 1. The SMILES string of the molecule is C=CCOOCCCOc1ccc(COOc2ccc(OC(=O)c3ccc(C(=C)OCCOCOC)cc3)cc2C)cc1. The minimum Gasteiger partial charge on any atom is -0.494 e. The lowest BCUT2D eigenvalue weighted by atomic mass is 10.1. The van der Waals surface area contributed by atoms with Crippen LogP contribution in [0.15, 0.2) is 86.0 Å². The van der Waals surface area contributed by atoms with E-state index in [0.717, 1.165) is 22.4 Å². The van der Waals surface area contributed by atoms with Gasteiger partial charge in [0.05, 0.1) is 25.4 Å². The van der Waals surface area contributed by atoms with Gasteiger partial charge in [0.15, 0.2) is 5.75 Å². The highest BCUT2D eigenvalue weighted by Gasteiger charge is 2.12. The van der Waals surface area contributed by atoms with Crippen molar-refractivity contribution in [3.8, 4) is 17.2 Å². The van der Waals surface area contributed by atoms with Gasteiger partial charge in [-0.1, -0.05) is 36.9 Å². The van der Waals surface area contributed by atoms with Gasteiger partial charge in [0.1, 0.15) is 43.9 Å². The summed E-state index contributed by atoms with van der Waals surface area (Å²) < 4.78 is 26.8. The monoisotopic (exact) mass is 594 g/mol. The zero-order valence-electron chi connectivity index (χ0n) is 24.6. The Labute approximate surface area is 252 Å². The Kier molecular flexibility index (Phi) is 14.8. The highest BCUT2D eigenvalue weighted by atomic mass is 17.2. The summed E-state index contributed by atoms with van der Waals surface area (Å²) in [6, 6.07) is 19.3. The molecule has 0 amide bonds. The van der Waals surface area contributed by atoms with Crippen LogP contribution in [0, 0.1) is 6.92 Å². The maximum absolute atomic E-state index is 12.7. The summed E-state index contributed by atoms with van der Waals surface area (Å²) >= 11 is 0. The van der Waals surface area contributed by atoms with Crippen molar-refractivity contribution in [2.45, 2.75) is 20.0 Å². The predicted octanol–water partition coefficient (Wildman–Crippen LogP) is 6.24. The smallest absolute Gasteiger partial charge is 0.343 e. The lowest BCUT2D eigenvalue weighted by Gasteiger charge is -2.11. The number of rotatable bonds is 21. The number of ether oxygens (including phenoxy) is 5. The van der Waals surface area contributed by atoms with Gasteiger partial charge >= 0.3 is 5.97 Å². The molecule has 0 radical (unpaired) electrons. The van der Waals surface area contributed by atoms with Gasteiger partial charge in [-0.25, -0.2) is 14.6 Å². The highest BCUT2D eigenvalue weighted by molar-refractivity contribution is 5.91. The molecule has 0 atom stereocenters. The van der Waals surface area contributed by atoms with Crippen molar-refractivity contribution in [3.63, 3.8) is 0 Å². The van der Waals surface area contributed by atoms with Crippen molar-refractivity contribution in [3.05, 3.63) is 108 Å². The van der Waals surface area contributed by atoms with Crippen molar-refractivity contribution in [2.24, 2.45) is 0 Å². The summed E-state index contributed by atoms with van der Waals surface area (Å²) in [7, 11) is 1.55. The molecule has 230 valence electrons. The molecule has 0 saturated heterocycles. The van der Waals surface area contributed by atoms with Crippen LogP contribution in [0.4, 0.5) is 0 Å². The summed E-state index contributed by atoms with van der Waals surface area (Å²) in [5.41, 5.74) is 2.79. The van der Waals surface area contributed by atoms with Crippen molar-refractivity contribution in [1.29, 1.82) is 0 Å². The van der Waals surface area contributed by atoms with Crippen molar-refractivity contribution < 1.29 is 48.0 Å². The second kappa shape index (κ2) is 19.1. The molecular weight excluding hydrogens is 556 g/mol. The summed E-state index contributed by atoms with van der Waals surface area (Å²) in [4.78, 5) is 33.4. The van der Waals surface area contributed by atoms with Gasteiger partial charge in [-0.05, 0) is 60.5 Å². The third kappa shape index (κ3) is 12.3. The van der Waals surface area contributed by atoms with Crippen LogP contribution in [0.3, 0.4) is 0 Å². The summed E-state index contributed by atoms with van der Waals surface area (Å²) in [6.07, 6.45) is 2.31. The molecule has 0 bridgehead atoms. The van der Waals surface area contributed by atoms with E-state index in [9.17, 15) is 4.79 Å². The van der Waals surface area contributed by atoms with Gasteiger partial charge in [-0.2, -0.15) is 4.89 Å². The normalized spacial score (nSPS) is 10.7. The Morgan fingerprint density at radius 3 is 2.30 bits per heavy atom. The van der Waals surface area contributed by atoms with Crippen LogP contribution in [0.25, 0.3) is 5.76 Å². The summed E-state index contributed by atoms with van der Waals surface area (Å²) in [5, 5.41) is 0. The molecule has 0 aliphatic carbocycles. The summed E-state index contributed by atoms with van der Waals surface area (Å²) in [5.74, 6) is 1.62. The second-order valence-corrected chi connectivity index (χ2v) is 9.07. The number of hydrogen-bond donors (Lipinski definition) is 0. The molecule has 0 aliphatic rings. The topological polar surface area (TPSA) is 100 Å². The van der Waals surface area contributed by atoms with Gasteiger partial charge in [-0.3, -0.25) is 0 Å². The third-order valence-corrected chi connectivity index (χ3v) is 5.71. The largest absolute Gasteiger partial charge is 0.494 e. The molecule has 43 heavy (non-hydrogen) atoms. The lowest BCUT2D eigenvalue weighted by molar-refractivity contribution is -0.287. The van der Waals surface area contributed by atoms with E-state index in [2.05, 4.69) is 13.2 Å². The average Bonchev–Trinajstić information content (AvgIpc) is 3.02. The Bertz CT molecular complexity index is 1270. The molecule has 10 nitrogen and oxygen atoms in total. The fourth-order valence-electron chi connectivity index (χ4n) is 3.49. The van der Waals surface area contributed by atoms with Crippen molar-refractivity contribution in [2.75, 3.05) is 46.9 Å². The molecule has 0 unspecified atom stereocenters. The van der Waals surface area contributed by atoms with Crippen molar-refractivity contribution >= 4 is 11.7 Å². The van der Waals surface area contributed by atoms with Crippen LogP contribution in [0.2, 0.25) is 0 Å². The van der Waals surface area contributed by atoms with Crippen LogP contribution >= 0.6 is 0 Å². The van der Waals surface area contributed by atoms with E-state index in [1.807, 2.05) is 31.2 Å². The zero-order chi connectivity index (χ0) is 30.7. The van der Waals surface area contributed by atoms with E-state index in [0.29, 0.717) is 62.3 Å². The second-order valence-electron chi connectivity index (χ2n) is 9.07. The first-order valence-electron chi connectivity index (χ1n) is 13.7. The number of methoxy groups -OCH3 is 1. The molecule has 0 N–H and O–H groups in total. The van der Waals surface area contributed by atoms with Crippen LogP contribution in [0.5, 0.6) is 17.2 Å². The van der Waals surface area contributed by atoms with E-state index in [1.165, 1.54) is 0 Å². The number of esters is 1. The van der Waals surface area contributed by atoms with Gasteiger partial charge < -0.3 is 28.6 Å². The van der Waals surface area contributed by atoms with Gasteiger partial charge in [0.25, 0.3) is 0 Å². The molecule has 3 aromatic rings. The standard InChI is InChI=1S/C33H38O10/c1-5-17-39-40-19-6-18-38-30-13-7-27(8-14-30)23-41-43-32-16-15-31(22-25(32)2)42-33(34)29-11-9-28(10-12-29)26(3)37-21-20-36-24-35-4/h5,7-16,22H,1,3,6,17-21,23-24H2,2,4H3. The Morgan fingerprint density at radius 1 is 0.837 bits per heavy atom. The number of hydrogen-bond acceptors (Lipinski definition) is 10. The predicted molar refractivity (Wildman–Crippen MR) is 159 cm³/mol. The first-order chi connectivity index (χ1) is 21.0. The fourth-order valence-corrected chi connectivity index (χ4v) is 3.49. The Morgan fingerprint density at radius 2 is 1.58 bits per heavy atom. The van der Waals surface area contributed by atoms with Crippen molar-refractivity contribution in [1.82, 2.24) is 0 Å². The molecular formula is C33H38O10. The molecule has 0 aromatic heterocycles. The van der Waals surface area contributed by atoms with E-state index >= 15 is 0 Å². The molecule has 0 heterocycles. The van der Waals surface area contributed by atoms with E-state index < -0.39 is 5.97 Å². The van der Waals surface area contributed by atoms with Crippen LogP contribution in [-0.2, 0) is 35.5 Å². The number of carbonyl (C=O) groups is 1. The van der Waals surface area contributed by atoms with Gasteiger partial charge in [-0.15, -0.1) is 6.58 Å². The fraction of sp³-hybridized carbons (Fsp3) is 0.303. The zero-order valence-corrected chi connectivity index (χ0v) is 24.6. The minimum absolute atomic E-state index is 0.203. The maximum Gasteiger partial charge on any atom is 0.343 e. The summed E-state index contributed by atoms with van der Waals surface area (Å²) in [6.45, 7) is 11.7. The van der Waals surface area contributed by atoms with Crippen LogP contribution < -0.4 is 14.4 Å². The third-order valence-electron chi connectivity index (χ3n) is 5.71. The highest BCUT2D eigenvalue weighted by Crippen LogP contribution is 2.25. The first kappa shape index (κ1) is 33.3. The Hall–Kier alpha value is -4.19. The quantitative estimate of drug-likeness (QED) is 0.0206. The van der Waals surface area contributed by atoms with Gasteiger partial charge in [0, 0.05) is 19.1 Å². The molecule has 0 saturated carbocycles. The number of aryl methyl sites for hydroxylation is 1. The van der Waals surface area contributed by atoms with E-state index in [1.54, 1.807) is 55.7 Å². The molecule has 0 spiro atoms. The molecule has 0 fully saturated rings.